The maximum Gasteiger partial charge on any atom is 0.513 e. The van der Waals surface area contributed by atoms with Gasteiger partial charge in [-0.3, -0.25) is 0 Å². The van der Waals surface area contributed by atoms with Gasteiger partial charge in [0.1, 0.15) is 11.5 Å². The highest BCUT2D eigenvalue weighted by molar-refractivity contribution is 5.96. The number of carbonyl (C=O) groups excluding carboxylic acids is 2. The molecule has 0 aliphatic carbocycles. The van der Waals surface area contributed by atoms with E-state index >= 15 is 0 Å². The molecule has 0 radical (unpaired) electrons. The number of ether oxygens (including phenoxy) is 4. The molecule has 2 aromatic rings. The van der Waals surface area contributed by atoms with Gasteiger partial charge < -0.3 is 18.9 Å². The minimum Gasteiger partial charge on any atom is -0.434 e. The van der Waals surface area contributed by atoms with Crippen molar-refractivity contribution < 1.29 is 28.5 Å². The Morgan fingerprint density at radius 1 is 0.771 bits per heavy atom. The number of carbonyl (C=O) groups is 2. The van der Waals surface area contributed by atoms with Crippen molar-refractivity contribution in [3.63, 3.8) is 0 Å². The predicted molar refractivity (Wildman–Crippen MR) is 139 cm³/mol. The van der Waals surface area contributed by atoms with Gasteiger partial charge in [0.2, 0.25) is 0 Å². The molecule has 0 spiro atoms. The van der Waals surface area contributed by atoms with E-state index in [1.54, 1.807) is 13.0 Å². The highest BCUT2D eigenvalue weighted by Gasteiger charge is 2.19. The molecular weight excluding hydrogens is 444 g/mol. The Bertz CT molecular complexity index is 938. The molecule has 0 heterocycles. The highest BCUT2D eigenvalue weighted by Crippen LogP contribution is 2.37. The van der Waals surface area contributed by atoms with Crippen molar-refractivity contribution in [2.45, 2.75) is 86.0 Å². The quantitative estimate of drug-likeness (QED) is 0.197. The van der Waals surface area contributed by atoms with Crippen LogP contribution in [0.4, 0.5) is 9.59 Å². The van der Waals surface area contributed by atoms with E-state index in [0.29, 0.717) is 52.9 Å². The molecule has 6 nitrogen and oxygen atoms in total. The summed E-state index contributed by atoms with van der Waals surface area (Å²) in [6.07, 6.45) is 6.98. The van der Waals surface area contributed by atoms with Gasteiger partial charge in [-0.1, -0.05) is 90.5 Å². The van der Waals surface area contributed by atoms with Gasteiger partial charge in [-0.15, -0.1) is 0 Å². The lowest BCUT2D eigenvalue weighted by molar-refractivity contribution is 0.0797. The Morgan fingerprint density at radius 3 is 1.80 bits per heavy atom. The lowest BCUT2D eigenvalue weighted by atomic mass is 10.0. The number of benzene rings is 2. The van der Waals surface area contributed by atoms with Crippen molar-refractivity contribution in [1.29, 1.82) is 0 Å². The lowest BCUT2D eigenvalue weighted by Crippen LogP contribution is -2.18. The van der Waals surface area contributed by atoms with E-state index < -0.39 is 12.3 Å². The third-order valence-corrected chi connectivity index (χ3v) is 6.48. The van der Waals surface area contributed by atoms with Crippen LogP contribution in [0.3, 0.4) is 0 Å². The van der Waals surface area contributed by atoms with Crippen LogP contribution in [0.25, 0.3) is 10.8 Å². The van der Waals surface area contributed by atoms with Crippen LogP contribution >= 0.6 is 0 Å². The summed E-state index contributed by atoms with van der Waals surface area (Å²) in [5, 5.41) is 1.32. The lowest BCUT2D eigenvalue weighted by Gasteiger charge is -2.17. The SMILES string of the molecule is CCCCC(CC)COC(=O)Oc1cc(C)c(OC(=O)OCC(CC)CCCC)c2ccccc12. The molecule has 2 aromatic carbocycles. The normalized spacial score (nSPS) is 12.7. The van der Waals surface area contributed by atoms with E-state index in [1.165, 1.54) is 0 Å². The maximum atomic E-state index is 12.5. The summed E-state index contributed by atoms with van der Waals surface area (Å²) in [7, 11) is 0. The first kappa shape index (κ1) is 28.5. The first-order valence-electron chi connectivity index (χ1n) is 13.1. The van der Waals surface area contributed by atoms with Crippen LogP contribution in [0.2, 0.25) is 0 Å². The molecule has 35 heavy (non-hydrogen) atoms. The number of rotatable bonds is 14. The summed E-state index contributed by atoms with van der Waals surface area (Å²) in [6.45, 7) is 11.0. The summed E-state index contributed by atoms with van der Waals surface area (Å²) < 4.78 is 22.0. The fourth-order valence-electron chi connectivity index (χ4n) is 4.07. The van der Waals surface area contributed by atoms with Crippen molar-refractivity contribution in [1.82, 2.24) is 0 Å². The standard InChI is InChI=1S/C29H42O6/c1-6-10-14-22(8-3)19-32-28(30)34-26-18-21(5)27(25-17-13-12-16-24(25)26)35-29(31)33-20-23(9-4)15-11-7-2/h12-13,16-18,22-23H,6-11,14-15,19-20H2,1-5H3. The number of hydrogen-bond donors (Lipinski definition) is 0. The fraction of sp³-hybridized carbons (Fsp3) is 0.586. The minimum absolute atomic E-state index is 0.330. The molecule has 194 valence electrons. The van der Waals surface area contributed by atoms with Crippen LogP contribution in [0, 0.1) is 18.8 Å². The van der Waals surface area contributed by atoms with Gasteiger partial charge in [0.05, 0.1) is 13.2 Å². The molecule has 2 unspecified atom stereocenters. The smallest absolute Gasteiger partial charge is 0.434 e. The van der Waals surface area contributed by atoms with Crippen LogP contribution in [-0.4, -0.2) is 25.5 Å². The zero-order valence-corrected chi connectivity index (χ0v) is 22.1. The van der Waals surface area contributed by atoms with Crippen LogP contribution in [0.1, 0.15) is 84.6 Å². The molecule has 0 fully saturated rings. The topological polar surface area (TPSA) is 71.1 Å². The average molecular weight is 487 g/mol. The van der Waals surface area contributed by atoms with Crippen molar-refractivity contribution in [2.75, 3.05) is 13.2 Å². The van der Waals surface area contributed by atoms with Gasteiger partial charge in [-0.05, 0) is 43.2 Å². The van der Waals surface area contributed by atoms with Crippen molar-refractivity contribution in [3.05, 3.63) is 35.9 Å². The Kier molecular flexibility index (Phi) is 12.4. The van der Waals surface area contributed by atoms with E-state index in [0.717, 1.165) is 51.4 Å². The summed E-state index contributed by atoms with van der Waals surface area (Å²) in [4.78, 5) is 24.9. The van der Waals surface area contributed by atoms with Gasteiger partial charge >= 0.3 is 12.3 Å². The second kappa shape index (κ2) is 15.3. The van der Waals surface area contributed by atoms with Crippen molar-refractivity contribution >= 4 is 23.1 Å². The molecule has 0 saturated carbocycles. The Balaban J connectivity index is 2.09. The fourth-order valence-corrected chi connectivity index (χ4v) is 4.07. The van der Waals surface area contributed by atoms with Crippen LogP contribution in [-0.2, 0) is 9.47 Å². The zero-order chi connectivity index (χ0) is 25.6. The van der Waals surface area contributed by atoms with E-state index in [-0.39, 0.29) is 0 Å². The molecule has 0 bridgehead atoms. The van der Waals surface area contributed by atoms with Gasteiger partial charge in [-0.2, -0.15) is 0 Å². The van der Waals surface area contributed by atoms with Crippen molar-refractivity contribution in [3.8, 4) is 11.5 Å². The molecule has 2 rings (SSSR count). The molecule has 0 aliphatic heterocycles. The monoisotopic (exact) mass is 486 g/mol. The molecule has 0 saturated heterocycles. The largest absolute Gasteiger partial charge is 0.513 e. The van der Waals surface area contributed by atoms with E-state index in [9.17, 15) is 9.59 Å². The predicted octanol–water partition coefficient (Wildman–Crippen LogP) is 8.61. The summed E-state index contributed by atoms with van der Waals surface area (Å²) >= 11 is 0. The molecule has 0 aliphatic rings. The number of hydrogen-bond acceptors (Lipinski definition) is 6. The number of unbranched alkanes of at least 4 members (excludes halogenated alkanes) is 2. The number of fused-ring (bicyclic) bond motifs is 1. The Hall–Kier alpha value is -2.76. The van der Waals surface area contributed by atoms with Gasteiger partial charge in [0.25, 0.3) is 0 Å². The highest BCUT2D eigenvalue weighted by atomic mass is 16.7. The second-order valence-electron chi connectivity index (χ2n) is 9.23. The molecular formula is C29H42O6. The second-order valence-corrected chi connectivity index (χ2v) is 9.23. The first-order valence-corrected chi connectivity index (χ1v) is 13.1. The molecule has 2 atom stereocenters. The first-order chi connectivity index (χ1) is 16.9. The van der Waals surface area contributed by atoms with Gasteiger partial charge in [0.15, 0.2) is 0 Å². The van der Waals surface area contributed by atoms with E-state index in [4.69, 9.17) is 18.9 Å². The summed E-state index contributed by atoms with van der Waals surface area (Å²) in [5.41, 5.74) is 0.663. The molecule has 6 heteroatoms. The minimum atomic E-state index is -0.727. The molecule has 0 N–H and O–H groups in total. The van der Waals surface area contributed by atoms with Crippen LogP contribution in [0.5, 0.6) is 11.5 Å². The zero-order valence-electron chi connectivity index (χ0n) is 22.1. The van der Waals surface area contributed by atoms with Gasteiger partial charge in [-0.25, -0.2) is 9.59 Å². The average Bonchev–Trinajstić information content (AvgIpc) is 2.86. The van der Waals surface area contributed by atoms with Crippen LogP contribution in [0.15, 0.2) is 30.3 Å². The molecule has 0 aromatic heterocycles. The Labute approximate surface area is 210 Å². The van der Waals surface area contributed by atoms with Crippen LogP contribution < -0.4 is 9.47 Å². The summed E-state index contributed by atoms with van der Waals surface area (Å²) in [6, 6.07) is 9.03. The number of aryl methyl sites for hydroxylation is 1. The van der Waals surface area contributed by atoms with E-state index in [1.807, 2.05) is 24.3 Å². The maximum absolute atomic E-state index is 12.5. The third kappa shape index (κ3) is 9.08. The molecule has 0 amide bonds. The Morgan fingerprint density at radius 2 is 1.29 bits per heavy atom. The van der Waals surface area contributed by atoms with E-state index in [2.05, 4.69) is 27.7 Å². The third-order valence-electron chi connectivity index (χ3n) is 6.48. The summed E-state index contributed by atoms with van der Waals surface area (Å²) in [5.74, 6) is 1.43. The van der Waals surface area contributed by atoms with Crippen molar-refractivity contribution in [2.24, 2.45) is 11.8 Å². The van der Waals surface area contributed by atoms with Gasteiger partial charge in [0, 0.05) is 10.8 Å².